The van der Waals surface area contributed by atoms with Gasteiger partial charge in [-0.3, -0.25) is 0 Å². The third kappa shape index (κ3) is 2.45. The van der Waals surface area contributed by atoms with Crippen LogP contribution in [0.3, 0.4) is 0 Å². The molecular formula is C8H10IO2S-. The quantitative estimate of drug-likeness (QED) is 0.466. The summed E-state index contributed by atoms with van der Waals surface area (Å²) < 4.78 is 23.3. The van der Waals surface area contributed by atoms with Crippen molar-refractivity contribution >= 4 is 9.84 Å². The normalized spacial score (nSPS) is 11.8. The van der Waals surface area contributed by atoms with Gasteiger partial charge in [-0.15, -0.1) is 0 Å². The number of hydrogen-bond donors (Lipinski definition) is 0. The Kier molecular flexibility index (Phi) is 3.11. The number of hydrogen-bond acceptors (Lipinski definition) is 2. The molecule has 0 saturated heterocycles. The average molecular weight is 297 g/mol. The van der Waals surface area contributed by atoms with Crippen LogP contribution >= 0.6 is 0 Å². The summed E-state index contributed by atoms with van der Waals surface area (Å²) in [5.41, 5.74) is 0. The van der Waals surface area contributed by atoms with Gasteiger partial charge in [-0.1, -0.05) is 0 Å². The summed E-state index contributed by atoms with van der Waals surface area (Å²) in [5.74, 6) is 0. The molecule has 4 heteroatoms. The molecule has 0 aliphatic heterocycles. The number of sulfone groups is 1. The zero-order chi connectivity index (χ0) is 9.19. The zero-order valence-electron chi connectivity index (χ0n) is 6.91. The molecule has 0 radical (unpaired) electrons. The van der Waals surface area contributed by atoms with Gasteiger partial charge in [-0.2, -0.15) is 0 Å². The fourth-order valence-electron chi connectivity index (χ4n) is 0.808. The Morgan fingerprint density at radius 2 is 1.67 bits per heavy atom. The van der Waals surface area contributed by atoms with E-state index in [9.17, 15) is 8.42 Å². The van der Waals surface area contributed by atoms with E-state index < -0.39 is 9.84 Å². The van der Waals surface area contributed by atoms with E-state index in [1.807, 2.05) is 12.1 Å². The van der Waals surface area contributed by atoms with Crippen LogP contribution < -0.4 is 21.2 Å². The molecule has 0 aliphatic rings. The topological polar surface area (TPSA) is 34.1 Å². The van der Waals surface area contributed by atoms with Crippen molar-refractivity contribution in [1.29, 1.82) is 0 Å². The van der Waals surface area contributed by atoms with Crippen LogP contribution in [0.4, 0.5) is 0 Å². The Morgan fingerprint density at radius 3 is 2.00 bits per heavy atom. The molecule has 0 unspecified atom stereocenters. The van der Waals surface area contributed by atoms with E-state index in [0.29, 0.717) is 4.90 Å². The van der Waals surface area contributed by atoms with Gasteiger partial charge >= 0.3 is 83.4 Å². The van der Waals surface area contributed by atoms with Crippen LogP contribution in [0.25, 0.3) is 0 Å². The molecular weight excluding hydrogens is 287 g/mol. The van der Waals surface area contributed by atoms with Crippen molar-refractivity contribution in [1.82, 2.24) is 0 Å². The fraction of sp³-hybridized carbons (Fsp3) is 0.250. The summed E-state index contributed by atoms with van der Waals surface area (Å²) in [4.78, 5) is 2.55. The van der Waals surface area contributed by atoms with E-state index in [4.69, 9.17) is 0 Å². The standard InChI is InChI=1S/C8H10IO2S/c1-9-7-3-5-8(6-4-7)12(2,10)11/h3-6H,1-2H3/q-1. The predicted octanol–water partition coefficient (Wildman–Crippen LogP) is -2.02. The monoisotopic (exact) mass is 297 g/mol. The molecule has 0 atom stereocenters. The van der Waals surface area contributed by atoms with Crippen molar-refractivity contribution < 1.29 is 29.6 Å². The molecule has 2 nitrogen and oxygen atoms in total. The maximum absolute atomic E-state index is 11.0. The first kappa shape index (κ1) is 9.98. The van der Waals surface area contributed by atoms with E-state index in [2.05, 4.69) is 4.93 Å². The molecule has 1 aromatic carbocycles. The van der Waals surface area contributed by atoms with Gasteiger partial charge in [-0.25, -0.2) is 0 Å². The Morgan fingerprint density at radius 1 is 1.17 bits per heavy atom. The van der Waals surface area contributed by atoms with Crippen LogP contribution in [0.2, 0.25) is 0 Å². The minimum absolute atomic E-state index is 0.0650. The van der Waals surface area contributed by atoms with E-state index >= 15 is 0 Å². The van der Waals surface area contributed by atoms with Crippen molar-refractivity contribution in [2.24, 2.45) is 0 Å². The molecule has 0 fully saturated rings. The second kappa shape index (κ2) is 3.74. The zero-order valence-corrected chi connectivity index (χ0v) is 9.89. The molecule has 1 aromatic rings. The summed E-state index contributed by atoms with van der Waals surface area (Å²) in [6, 6.07) is 7.13. The SMILES string of the molecule is C[I-]c1ccc(S(C)(=O)=O)cc1. The van der Waals surface area contributed by atoms with E-state index in [0.717, 1.165) is 0 Å². The summed E-state index contributed by atoms with van der Waals surface area (Å²) in [5, 5.41) is 0. The van der Waals surface area contributed by atoms with Gasteiger partial charge in [0.2, 0.25) is 0 Å². The first-order valence-corrected chi connectivity index (χ1v) is 8.46. The average Bonchev–Trinajstić information content (AvgIpc) is 2.03. The minimum atomic E-state index is -3.02. The second-order valence-electron chi connectivity index (χ2n) is 2.42. The van der Waals surface area contributed by atoms with E-state index in [-0.39, 0.29) is 21.2 Å². The molecule has 0 heterocycles. The molecule has 1 rings (SSSR count). The van der Waals surface area contributed by atoms with Crippen LogP contribution in [-0.4, -0.2) is 19.6 Å². The van der Waals surface area contributed by atoms with Crippen molar-refractivity contribution in [3.63, 3.8) is 0 Å². The molecule has 12 heavy (non-hydrogen) atoms. The number of alkyl halides is 1. The number of rotatable bonds is 2. The first-order chi connectivity index (χ1) is 5.54. The van der Waals surface area contributed by atoms with Crippen LogP contribution in [-0.2, 0) is 9.84 Å². The molecule has 0 bridgehead atoms. The fourth-order valence-corrected chi connectivity index (χ4v) is 2.52. The van der Waals surface area contributed by atoms with Crippen molar-refractivity contribution in [3.05, 3.63) is 27.8 Å². The van der Waals surface area contributed by atoms with Gasteiger partial charge < -0.3 is 0 Å². The Hall–Kier alpha value is -0.100. The summed E-state index contributed by atoms with van der Waals surface area (Å²) in [6.45, 7) is 0. The van der Waals surface area contributed by atoms with Crippen LogP contribution in [0.1, 0.15) is 0 Å². The van der Waals surface area contributed by atoms with Crippen molar-refractivity contribution in [2.75, 3.05) is 11.2 Å². The summed E-state index contributed by atoms with van der Waals surface area (Å²) in [6.07, 6.45) is 1.23. The molecule has 0 N–H and O–H groups in total. The number of halogens is 1. The second-order valence-corrected chi connectivity index (χ2v) is 6.76. The Labute approximate surface area is 83.2 Å². The summed E-state index contributed by atoms with van der Waals surface area (Å²) >= 11 is 0.0650. The van der Waals surface area contributed by atoms with Gasteiger partial charge in [0.1, 0.15) is 0 Å². The summed E-state index contributed by atoms with van der Waals surface area (Å²) in [7, 11) is -3.02. The van der Waals surface area contributed by atoms with Gasteiger partial charge in [0, 0.05) is 0 Å². The van der Waals surface area contributed by atoms with Crippen LogP contribution in [0, 0.1) is 3.57 Å². The van der Waals surface area contributed by atoms with E-state index in [1.165, 1.54) is 9.83 Å². The third-order valence-corrected chi connectivity index (χ3v) is 4.55. The molecule has 0 aromatic heterocycles. The molecule has 0 spiro atoms. The van der Waals surface area contributed by atoms with Gasteiger partial charge in [-0.05, 0) is 0 Å². The number of benzene rings is 1. The van der Waals surface area contributed by atoms with Crippen LogP contribution in [0.5, 0.6) is 0 Å². The maximum atomic E-state index is 11.0. The molecule has 0 amide bonds. The molecule has 68 valence electrons. The van der Waals surface area contributed by atoms with Crippen LogP contribution in [0.15, 0.2) is 29.2 Å². The van der Waals surface area contributed by atoms with Gasteiger partial charge in [0.25, 0.3) is 0 Å². The van der Waals surface area contributed by atoms with Crippen molar-refractivity contribution in [2.45, 2.75) is 4.90 Å². The third-order valence-electron chi connectivity index (χ3n) is 1.46. The Balaban J connectivity index is 3.09. The molecule has 0 aliphatic carbocycles. The Bertz CT molecular complexity index is 353. The first-order valence-electron chi connectivity index (χ1n) is 3.33. The van der Waals surface area contributed by atoms with Crippen molar-refractivity contribution in [3.8, 4) is 0 Å². The van der Waals surface area contributed by atoms with E-state index in [1.54, 1.807) is 12.1 Å². The van der Waals surface area contributed by atoms with Gasteiger partial charge in [0.05, 0.1) is 0 Å². The predicted molar refractivity (Wildman–Crippen MR) is 44.2 cm³/mol. The molecule has 0 saturated carbocycles. The van der Waals surface area contributed by atoms with Gasteiger partial charge in [0.15, 0.2) is 0 Å².